The SMILES string of the molecule is O=C(O)COc1ccc2[nH]c3c(c2c1)CCN1C(=O)c2cc(F)cc(F)c2N(c2cccc(F)c2)C31. The summed E-state index contributed by atoms with van der Waals surface area (Å²) in [5.41, 5.74) is 2.16. The van der Waals surface area contributed by atoms with Crippen LogP contribution in [0.4, 0.5) is 24.5 Å². The molecule has 7 nitrogen and oxygen atoms in total. The normalized spacial score (nSPS) is 16.5. The summed E-state index contributed by atoms with van der Waals surface area (Å²) in [4.78, 5) is 30.6. The van der Waals surface area contributed by atoms with Crippen LogP contribution >= 0.6 is 0 Å². The molecule has 1 amide bonds. The summed E-state index contributed by atoms with van der Waals surface area (Å²) < 4.78 is 49.0. The summed E-state index contributed by atoms with van der Waals surface area (Å²) in [6, 6.07) is 12.3. The number of benzene rings is 3. The Kier molecular flexibility index (Phi) is 4.92. The number of rotatable bonds is 4. The molecule has 0 fully saturated rings. The molecule has 1 atom stereocenters. The maximum absolute atomic E-state index is 15.3. The number of fused-ring (bicyclic) bond motifs is 6. The highest BCUT2D eigenvalue weighted by Gasteiger charge is 2.45. The zero-order valence-corrected chi connectivity index (χ0v) is 18.6. The first-order chi connectivity index (χ1) is 17.3. The molecular formula is C26H18F3N3O4. The minimum atomic E-state index is -1.11. The Morgan fingerprint density at radius 1 is 1.08 bits per heavy atom. The lowest BCUT2D eigenvalue weighted by molar-refractivity contribution is -0.139. The predicted octanol–water partition coefficient (Wildman–Crippen LogP) is 4.90. The van der Waals surface area contributed by atoms with Crippen molar-refractivity contribution in [3.63, 3.8) is 0 Å². The van der Waals surface area contributed by atoms with Crippen molar-refractivity contribution in [2.45, 2.75) is 12.6 Å². The largest absolute Gasteiger partial charge is 0.482 e. The van der Waals surface area contributed by atoms with Crippen molar-refractivity contribution >= 4 is 34.2 Å². The highest BCUT2D eigenvalue weighted by molar-refractivity contribution is 6.04. The molecule has 36 heavy (non-hydrogen) atoms. The third kappa shape index (κ3) is 3.36. The number of carbonyl (C=O) groups excluding carboxylic acids is 1. The molecule has 2 N–H and O–H groups in total. The van der Waals surface area contributed by atoms with Crippen LogP contribution in [0.1, 0.15) is 27.8 Å². The van der Waals surface area contributed by atoms with E-state index in [0.717, 1.165) is 17.0 Å². The van der Waals surface area contributed by atoms with Crippen LogP contribution in [0.25, 0.3) is 10.9 Å². The molecule has 4 aromatic rings. The van der Waals surface area contributed by atoms with E-state index in [1.54, 1.807) is 24.3 Å². The summed E-state index contributed by atoms with van der Waals surface area (Å²) in [6.45, 7) is -0.254. The van der Waals surface area contributed by atoms with E-state index >= 15 is 4.39 Å². The quantitative estimate of drug-likeness (QED) is 0.423. The molecule has 0 saturated carbocycles. The Morgan fingerprint density at radius 3 is 2.69 bits per heavy atom. The number of amides is 1. The molecule has 2 aliphatic heterocycles. The van der Waals surface area contributed by atoms with Crippen LogP contribution in [0.2, 0.25) is 0 Å². The third-order valence-corrected chi connectivity index (χ3v) is 6.52. The molecule has 0 spiro atoms. The number of ether oxygens (including phenoxy) is 1. The number of aliphatic carboxylic acids is 1. The van der Waals surface area contributed by atoms with Gasteiger partial charge >= 0.3 is 5.97 Å². The first-order valence-electron chi connectivity index (χ1n) is 11.2. The number of nitrogens with one attached hydrogen (secondary N) is 1. The van der Waals surface area contributed by atoms with Crippen molar-refractivity contribution in [2.24, 2.45) is 0 Å². The van der Waals surface area contributed by atoms with Crippen LogP contribution in [0.15, 0.2) is 54.6 Å². The number of H-pyrrole nitrogens is 1. The first-order valence-corrected chi connectivity index (χ1v) is 11.2. The van der Waals surface area contributed by atoms with Gasteiger partial charge in [0.15, 0.2) is 18.6 Å². The van der Waals surface area contributed by atoms with Gasteiger partial charge in [0.2, 0.25) is 0 Å². The van der Waals surface area contributed by atoms with Gasteiger partial charge in [0.1, 0.15) is 17.4 Å². The monoisotopic (exact) mass is 493 g/mol. The lowest BCUT2D eigenvalue weighted by Gasteiger charge is -2.47. The Morgan fingerprint density at radius 2 is 1.92 bits per heavy atom. The standard InChI is InChI=1S/C26H18F3N3O4/c27-13-2-1-3-15(8-13)32-24-19(9-14(28)10-20(24)29)26(35)31-7-6-17-18-11-16(36-12-22(33)34)4-5-21(18)30-23(17)25(31)32/h1-5,8-11,25,30H,6-7,12H2,(H,33,34). The number of halogens is 3. The molecule has 0 radical (unpaired) electrons. The molecule has 1 unspecified atom stereocenters. The summed E-state index contributed by atoms with van der Waals surface area (Å²) in [5.74, 6) is -3.64. The maximum Gasteiger partial charge on any atom is 0.341 e. The van der Waals surface area contributed by atoms with Crippen LogP contribution in [-0.4, -0.2) is 40.0 Å². The fourth-order valence-electron chi connectivity index (χ4n) is 5.11. The van der Waals surface area contributed by atoms with E-state index in [0.29, 0.717) is 35.1 Å². The van der Waals surface area contributed by atoms with Crippen molar-refractivity contribution in [1.82, 2.24) is 9.88 Å². The van der Waals surface area contributed by atoms with Gasteiger partial charge in [-0.05, 0) is 54.4 Å². The van der Waals surface area contributed by atoms with Gasteiger partial charge in [-0.1, -0.05) is 6.07 Å². The van der Waals surface area contributed by atoms with Crippen LogP contribution in [0.5, 0.6) is 5.75 Å². The molecule has 0 bridgehead atoms. The van der Waals surface area contributed by atoms with Crippen molar-refractivity contribution in [3.8, 4) is 5.75 Å². The second-order valence-electron chi connectivity index (χ2n) is 8.66. The maximum atomic E-state index is 15.3. The van der Waals surface area contributed by atoms with Gasteiger partial charge in [0.05, 0.1) is 16.9 Å². The van der Waals surface area contributed by atoms with E-state index in [4.69, 9.17) is 9.84 Å². The number of carbonyl (C=O) groups is 2. The number of carboxylic acid groups (broad SMARTS) is 1. The lowest BCUT2D eigenvalue weighted by atomic mass is 9.94. The molecule has 2 aliphatic rings. The molecule has 3 heterocycles. The highest BCUT2D eigenvalue weighted by Crippen LogP contribution is 2.48. The van der Waals surface area contributed by atoms with Gasteiger partial charge in [-0.2, -0.15) is 0 Å². The average molecular weight is 493 g/mol. The van der Waals surface area contributed by atoms with Gasteiger partial charge in [-0.15, -0.1) is 0 Å². The smallest absolute Gasteiger partial charge is 0.341 e. The number of hydrogen-bond acceptors (Lipinski definition) is 4. The third-order valence-electron chi connectivity index (χ3n) is 6.52. The minimum Gasteiger partial charge on any atom is -0.482 e. The predicted molar refractivity (Wildman–Crippen MR) is 124 cm³/mol. The lowest BCUT2D eigenvalue weighted by Crippen LogP contribution is -2.51. The summed E-state index contributed by atoms with van der Waals surface area (Å²) in [7, 11) is 0. The van der Waals surface area contributed by atoms with E-state index in [2.05, 4.69) is 4.98 Å². The van der Waals surface area contributed by atoms with E-state index in [9.17, 15) is 18.4 Å². The van der Waals surface area contributed by atoms with Crippen molar-refractivity contribution in [2.75, 3.05) is 18.1 Å². The summed E-state index contributed by atoms with van der Waals surface area (Å²) in [6.07, 6.45) is -0.421. The van der Waals surface area contributed by atoms with Gasteiger partial charge in [-0.3, -0.25) is 4.79 Å². The second kappa shape index (κ2) is 8.04. The number of aromatic nitrogens is 1. The van der Waals surface area contributed by atoms with Gasteiger partial charge < -0.3 is 24.6 Å². The number of aromatic amines is 1. The van der Waals surface area contributed by atoms with Crippen LogP contribution in [-0.2, 0) is 11.2 Å². The first kappa shape index (κ1) is 22.0. The minimum absolute atomic E-state index is 0.134. The molecule has 10 heteroatoms. The topological polar surface area (TPSA) is 85.9 Å². The zero-order valence-electron chi connectivity index (χ0n) is 18.6. The van der Waals surface area contributed by atoms with Crippen LogP contribution < -0.4 is 9.64 Å². The van der Waals surface area contributed by atoms with Crippen molar-refractivity contribution < 1.29 is 32.6 Å². The number of hydrogen-bond donors (Lipinski definition) is 2. The number of carboxylic acids is 1. The summed E-state index contributed by atoms with van der Waals surface area (Å²) >= 11 is 0. The van der Waals surface area contributed by atoms with Gasteiger partial charge in [-0.25, -0.2) is 18.0 Å². The fraction of sp³-hybridized carbons (Fsp3) is 0.154. The summed E-state index contributed by atoms with van der Waals surface area (Å²) in [5, 5.41) is 9.68. The highest BCUT2D eigenvalue weighted by atomic mass is 19.1. The van der Waals surface area contributed by atoms with E-state index in [1.807, 2.05) is 0 Å². The molecule has 0 saturated heterocycles. The number of nitrogens with zero attached hydrogens (tertiary/aromatic N) is 2. The average Bonchev–Trinajstić information content (AvgIpc) is 3.21. The molecule has 1 aromatic heterocycles. The molecule has 6 rings (SSSR count). The van der Waals surface area contributed by atoms with Crippen molar-refractivity contribution in [1.29, 1.82) is 0 Å². The van der Waals surface area contributed by atoms with Gasteiger partial charge in [0, 0.05) is 29.2 Å². The molecule has 0 aliphatic carbocycles. The van der Waals surface area contributed by atoms with Crippen LogP contribution in [0.3, 0.4) is 0 Å². The molecule has 182 valence electrons. The fourth-order valence-corrected chi connectivity index (χ4v) is 5.11. The number of anilines is 2. The Labute approximate surface area is 202 Å². The van der Waals surface area contributed by atoms with E-state index < -0.39 is 42.1 Å². The molecule has 3 aromatic carbocycles. The zero-order chi connectivity index (χ0) is 25.1. The second-order valence-corrected chi connectivity index (χ2v) is 8.66. The Balaban J connectivity index is 1.56. The molecular weight excluding hydrogens is 475 g/mol. The van der Waals surface area contributed by atoms with Gasteiger partial charge in [0.25, 0.3) is 5.91 Å². The van der Waals surface area contributed by atoms with Crippen LogP contribution in [0, 0.1) is 17.5 Å². The van der Waals surface area contributed by atoms with Crippen molar-refractivity contribution in [3.05, 3.63) is 88.9 Å². The van der Waals surface area contributed by atoms with E-state index in [-0.39, 0.29) is 17.8 Å². The Hall–Kier alpha value is -4.47. The van der Waals surface area contributed by atoms with E-state index in [1.165, 1.54) is 28.0 Å². The Bertz CT molecular complexity index is 1570.